The highest BCUT2D eigenvalue weighted by molar-refractivity contribution is 6.36. The molecule has 32 heavy (non-hydrogen) atoms. The normalized spacial score (nSPS) is 10.6. The molecule has 162 valence electrons. The second kappa shape index (κ2) is 10.6. The number of esters is 1. The van der Waals surface area contributed by atoms with Gasteiger partial charge in [-0.2, -0.15) is 0 Å². The van der Waals surface area contributed by atoms with Gasteiger partial charge in [-0.1, -0.05) is 59.1 Å². The highest BCUT2D eigenvalue weighted by Crippen LogP contribution is 2.22. The van der Waals surface area contributed by atoms with E-state index in [0.29, 0.717) is 21.9 Å². The van der Waals surface area contributed by atoms with Crippen LogP contribution < -0.4 is 15.6 Å². The van der Waals surface area contributed by atoms with Gasteiger partial charge in [0.2, 0.25) is 0 Å². The Morgan fingerprint density at radius 3 is 2.34 bits per heavy atom. The zero-order valence-corrected chi connectivity index (χ0v) is 18.4. The molecule has 0 spiro atoms. The molecule has 0 unspecified atom stereocenters. The van der Waals surface area contributed by atoms with Crippen LogP contribution in [0.3, 0.4) is 0 Å². The number of hydrogen-bond acceptors (Lipinski definition) is 4. The lowest BCUT2D eigenvalue weighted by atomic mass is 10.1. The number of nitrogens with one attached hydrogen (secondary N) is 2. The van der Waals surface area contributed by atoms with Gasteiger partial charge in [-0.3, -0.25) is 20.4 Å². The van der Waals surface area contributed by atoms with Gasteiger partial charge in [0.1, 0.15) is 5.75 Å². The lowest BCUT2D eigenvalue weighted by Crippen LogP contribution is -2.40. The van der Waals surface area contributed by atoms with E-state index in [9.17, 15) is 14.4 Å². The van der Waals surface area contributed by atoms with Gasteiger partial charge in [0.15, 0.2) is 0 Å². The molecule has 0 fully saturated rings. The lowest BCUT2D eigenvalue weighted by molar-refractivity contribution is -0.117. The zero-order valence-electron chi connectivity index (χ0n) is 16.9. The molecule has 0 aliphatic rings. The number of benzene rings is 3. The maximum atomic E-state index is 12.4. The van der Waals surface area contributed by atoms with Crippen molar-refractivity contribution >= 4 is 47.1 Å². The minimum atomic E-state index is -0.596. The van der Waals surface area contributed by atoms with E-state index in [0.717, 1.165) is 5.56 Å². The third-order valence-corrected chi connectivity index (χ3v) is 4.85. The Labute approximate surface area is 194 Å². The average molecular weight is 469 g/mol. The van der Waals surface area contributed by atoms with Gasteiger partial charge in [-0.05, 0) is 49.4 Å². The third-order valence-electron chi connectivity index (χ3n) is 4.30. The molecule has 2 N–H and O–H groups in total. The Balaban J connectivity index is 1.62. The van der Waals surface area contributed by atoms with E-state index >= 15 is 0 Å². The minimum absolute atomic E-state index is 0.157. The molecule has 8 heteroatoms. The molecule has 0 aliphatic carbocycles. The number of hydrogen-bond donors (Lipinski definition) is 2. The molecule has 0 heterocycles. The van der Waals surface area contributed by atoms with Crippen molar-refractivity contribution in [2.45, 2.75) is 6.92 Å². The molecule has 0 aromatic heterocycles. The van der Waals surface area contributed by atoms with E-state index in [1.807, 2.05) is 19.1 Å². The smallest absolute Gasteiger partial charge is 0.343 e. The van der Waals surface area contributed by atoms with Crippen LogP contribution in [0.1, 0.15) is 31.8 Å². The standard InChI is InChI=1S/C24H18Cl2N2O4/c1-15-6-8-17(9-7-15)24(31)32-21-5-3-2-4-16(21)10-13-22(29)27-28-23(30)19-12-11-18(25)14-20(19)26/h2-14H,1H3,(H,27,29)(H,28,30)/b13-10+. The Kier molecular flexibility index (Phi) is 7.65. The topological polar surface area (TPSA) is 84.5 Å². The summed E-state index contributed by atoms with van der Waals surface area (Å²) in [7, 11) is 0. The van der Waals surface area contributed by atoms with Gasteiger partial charge >= 0.3 is 5.97 Å². The van der Waals surface area contributed by atoms with Gasteiger partial charge in [0.25, 0.3) is 11.8 Å². The van der Waals surface area contributed by atoms with Crippen molar-refractivity contribution < 1.29 is 19.1 Å². The quantitative estimate of drug-likeness (QED) is 0.239. The van der Waals surface area contributed by atoms with Crippen molar-refractivity contribution in [3.63, 3.8) is 0 Å². The highest BCUT2D eigenvalue weighted by Gasteiger charge is 2.12. The number of carbonyl (C=O) groups excluding carboxylic acids is 3. The summed E-state index contributed by atoms with van der Waals surface area (Å²) in [6.07, 6.45) is 2.66. The molecule has 6 nitrogen and oxygen atoms in total. The van der Waals surface area contributed by atoms with Crippen LogP contribution >= 0.6 is 23.2 Å². The first-order chi connectivity index (χ1) is 15.3. The first-order valence-electron chi connectivity index (χ1n) is 9.45. The van der Waals surface area contributed by atoms with Crippen molar-refractivity contribution in [3.05, 3.63) is 105 Å². The number of carbonyl (C=O) groups is 3. The van der Waals surface area contributed by atoms with E-state index in [4.69, 9.17) is 27.9 Å². The molecule has 3 aromatic carbocycles. The van der Waals surface area contributed by atoms with Crippen molar-refractivity contribution in [1.29, 1.82) is 0 Å². The number of amides is 2. The molecular formula is C24H18Cl2N2O4. The molecule has 0 bridgehead atoms. The van der Waals surface area contributed by atoms with E-state index in [1.165, 1.54) is 30.4 Å². The fourth-order valence-electron chi connectivity index (χ4n) is 2.63. The molecule has 0 saturated carbocycles. The predicted molar refractivity (Wildman–Crippen MR) is 124 cm³/mol. The maximum Gasteiger partial charge on any atom is 0.343 e. The highest BCUT2D eigenvalue weighted by atomic mass is 35.5. The second-order valence-electron chi connectivity index (χ2n) is 6.69. The van der Waals surface area contributed by atoms with E-state index < -0.39 is 17.8 Å². The van der Waals surface area contributed by atoms with Gasteiger partial charge in [0.05, 0.1) is 16.1 Å². The summed E-state index contributed by atoms with van der Waals surface area (Å²) in [5.74, 6) is -1.41. The number of halogens is 2. The van der Waals surface area contributed by atoms with Gasteiger partial charge < -0.3 is 4.74 Å². The van der Waals surface area contributed by atoms with Crippen molar-refractivity contribution in [3.8, 4) is 5.75 Å². The largest absolute Gasteiger partial charge is 0.422 e. The predicted octanol–water partition coefficient (Wildman–Crippen LogP) is 5.00. The summed E-state index contributed by atoms with van der Waals surface area (Å²) in [5, 5.41) is 0.546. The van der Waals surface area contributed by atoms with Gasteiger partial charge in [-0.15, -0.1) is 0 Å². The fourth-order valence-corrected chi connectivity index (χ4v) is 3.12. The van der Waals surface area contributed by atoms with E-state index in [1.54, 1.807) is 36.4 Å². The molecule has 0 radical (unpaired) electrons. The van der Waals surface area contributed by atoms with Crippen molar-refractivity contribution in [2.24, 2.45) is 0 Å². The average Bonchev–Trinajstić information content (AvgIpc) is 2.77. The molecule has 2 amide bonds. The zero-order chi connectivity index (χ0) is 23.1. The number of hydrazine groups is 1. The summed E-state index contributed by atoms with van der Waals surface area (Å²) >= 11 is 11.8. The Morgan fingerprint density at radius 1 is 0.906 bits per heavy atom. The van der Waals surface area contributed by atoms with E-state index in [-0.39, 0.29) is 10.6 Å². The minimum Gasteiger partial charge on any atom is -0.422 e. The molecule has 0 aliphatic heterocycles. The third kappa shape index (κ3) is 6.20. The van der Waals surface area contributed by atoms with E-state index in [2.05, 4.69) is 10.9 Å². The second-order valence-corrected chi connectivity index (χ2v) is 7.54. The Morgan fingerprint density at radius 2 is 1.62 bits per heavy atom. The summed E-state index contributed by atoms with van der Waals surface area (Å²) in [6, 6.07) is 18.1. The van der Waals surface area contributed by atoms with Crippen LogP contribution in [0.2, 0.25) is 10.0 Å². The molecule has 3 aromatic rings. The Hall–Kier alpha value is -3.61. The van der Waals surface area contributed by atoms with Crippen LogP contribution in [-0.2, 0) is 4.79 Å². The van der Waals surface area contributed by atoms with Crippen LogP contribution in [-0.4, -0.2) is 17.8 Å². The van der Waals surface area contributed by atoms with Crippen LogP contribution in [0, 0.1) is 6.92 Å². The van der Waals surface area contributed by atoms with Crippen molar-refractivity contribution in [1.82, 2.24) is 10.9 Å². The molecule has 0 saturated heterocycles. The van der Waals surface area contributed by atoms with Crippen LogP contribution in [0.15, 0.2) is 72.8 Å². The SMILES string of the molecule is Cc1ccc(C(=O)Oc2ccccc2/C=C/C(=O)NNC(=O)c2ccc(Cl)cc2Cl)cc1. The summed E-state index contributed by atoms with van der Waals surface area (Å²) in [6.45, 7) is 1.92. The van der Waals surface area contributed by atoms with Gasteiger partial charge in [0, 0.05) is 16.7 Å². The van der Waals surface area contributed by atoms with Crippen LogP contribution in [0.4, 0.5) is 0 Å². The number of para-hydroxylation sites is 1. The summed E-state index contributed by atoms with van der Waals surface area (Å²) < 4.78 is 5.47. The lowest BCUT2D eigenvalue weighted by Gasteiger charge is -2.08. The number of rotatable bonds is 5. The monoisotopic (exact) mass is 468 g/mol. The first-order valence-corrected chi connectivity index (χ1v) is 10.2. The Bertz CT molecular complexity index is 1190. The summed E-state index contributed by atoms with van der Waals surface area (Å²) in [4.78, 5) is 36.6. The molecular weight excluding hydrogens is 451 g/mol. The fraction of sp³-hybridized carbons (Fsp3) is 0.0417. The van der Waals surface area contributed by atoms with Crippen LogP contribution in [0.5, 0.6) is 5.75 Å². The number of aryl methyl sites for hydroxylation is 1. The first kappa shape index (κ1) is 23.1. The van der Waals surface area contributed by atoms with Crippen LogP contribution in [0.25, 0.3) is 6.08 Å². The summed E-state index contributed by atoms with van der Waals surface area (Å²) in [5.41, 5.74) is 6.64. The van der Waals surface area contributed by atoms with Gasteiger partial charge in [-0.25, -0.2) is 4.79 Å². The molecule has 3 rings (SSSR count). The number of ether oxygens (including phenoxy) is 1. The maximum absolute atomic E-state index is 12.4. The van der Waals surface area contributed by atoms with Crippen molar-refractivity contribution in [2.75, 3.05) is 0 Å². The molecule has 0 atom stereocenters.